The molecule has 1 fully saturated rings. The fourth-order valence-corrected chi connectivity index (χ4v) is 2.48. The molecule has 1 atom stereocenters. The Morgan fingerprint density at radius 2 is 2.18 bits per heavy atom. The van der Waals surface area contributed by atoms with Crippen molar-refractivity contribution in [1.82, 2.24) is 0 Å². The number of hydrogen-bond acceptors (Lipinski definition) is 2. The minimum atomic E-state index is -0.325. The van der Waals surface area contributed by atoms with E-state index >= 15 is 0 Å². The summed E-state index contributed by atoms with van der Waals surface area (Å²) in [4.78, 5) is 11.8. The molecule has 2 nitrogen and oxygen atoms in total. The van der Waals surface area contributed by atoms with Crippen LogP contribution in [0.25, 0.3) is 0 Å². The molecule has 0 saturated heterocycles. The van der Waals surface area contributed by atoms with Gasteiger partial charge < -0.3 is 5.73 Å². The average molecular weight is 300 g/mol. The minimum absolute atomic E-state index is 0.0144. The molecule has 0 aliphatic heterocycles. The van der Waals surface area contributed by atoms with E-state index in [0.29, 0.717) is 22.4 Å². The molecule has 2 N–H and O–H groups in total. The van der Waals surface area contributed by atoms with Crippen molar-refractivity contribution < 1.29 is 9.18 Å². The Morgan fingerprint density at radius 3 is 2.76 bits per heavy atom. The van der Waals surface area contributed by atoms with Crippen molar-refractivity contribution in [3.63, 3.8) is 0 Å². The maximum atomic E-state index is 13.1. The van der Waals surface area contributed by atoms with Gasteiger partial charge in [-0.25, -0.2) is 4.39 Å². The van der Waals surface area contributed by atoms with Gasteiger partial charge in [-0.2, -0.15) is 0 Å². The zero-order chi connectivity index (χ0) is 12.4. The van der Waals surface area contributed by atoms with Gasteiger partial charge in [-0.3, -0.25) is 4.79 Å². The van der Waals surface area contributed by atoms with Crippen molar-refractivity contribution in [2.24, 2.45) is 11.7 Å². The van der Waals surface area contributed by atoms with E-state index in [0.717, 1.165) is 12.8 Å². The third kappa shape index (κ3) is 3.89. The highest BCUT2D eigenvalue weighted by molar-refractivity contribution is 9.10. The smallest absolute Gasteiger partial charge is 0.138 e. The van der Waals surface area contributed by atoms with Crippen LogP contribution in [0.4, 0.5) is 4.39 Å². The van der Waals surface area contributed by atoms with Crippen LogP contribution in [0, 0.1) is 11.7 Å². The summed E-state index contributed by atoms with van der Waals surface area (Å²) >= 11 is 3.21. The van der Waals surface area contributed by atoms with Gasteiger partial charge in [0.25, 0.3) is 0 Å². The number of hydrogen-bond donors (Lipinski definition) is 1. The standard InChI is InChI=1S/C13H15BrFNO/c14-10-3-8(4-11(15)6-10)5-12(17)7-13(16)9-1-2-9/h3-4,6,9,13H,1-2,5,7,16H2. The third-order valence-corrected chi connectivity index (χ3v) is 3.47. The van der Waals surface area contributed by atoms with E-state index in [-0.39, 0.29) is 24.1 Å². The predicted octanol–water partition coefficient (Wildman–Crippen LogP) is 2.83. The third-order valence-electron chi connectivity index (χ3n) is 3.01. The summed E-state index contributed by atoms with van der Waals surface area (Å²) in [5, 5.41) is 0. The molecule has 92 valence electrons. The van der Waals surface area contributed by atoms with E-state index in [9.17, 15) is 9.18 Å². The molecule has 0 bridgehead atoms. The number of carbonyl (C=O) groups excluding carboxylic acids is 1. The molecule has 2 rings (SSSR count). The van der Waals surface area contributed by atoms with E-state index in [1.807, 2.05) is 0 Å². The summed E-state index contributed by atoms with van der Waals surface area (Å²) in [6.07, 6.45) is 2.94. The zero-order valence-corrected chi connectivity index (χ0v) is 11.0. The number of Topliss-reactive ketones (excluding diaryl/α,β-unsaturated/α-hetero) is 1. The van der Waals surface area contributed by atoms with Crippen molar-refractivity contribution >= 4 is 21.7 Å². The number of halogens is 2. The first-order valence-corrected chi connectivity index (χ1v) is 6.56. The normalized spacial score (nSPS) is 16.9. The summed E-state index contributed by atoms with van der Waals surface area (Å²) in [6, 6.07) is 4.53. The van der Waals surface area contributed by atoms with Crippen molar-refractivity contribution in [2.45, 2.75) is 31.7 Å². The van der Waals surface area contributed by atoms with E-state index in [1.54, 1.807) is 6.07 Å². The van der Waals surface area contributed by atoms with Crippen molar-refractivity contribution in [1.29, 1.82) is 0 Å². The number of nitrogens with two attached hydrogens (primary N) is 1. The van der Waals surface area contributed by atoms with Crippen LogP contribution in [0.15, 0.2) is 22.7 Å². The summed E-state index contributed by atoms with van der Waals surface area (Å²) in [5.74, 6) is 0.286. The summed E-state index contributed by atoms with van der Waals surface area (Å²) in [5.41, 5.74) is 6.59. The van der Waals surface area contributed by atoms with Gasteiger partial charge in [0.15, 0.2) is 0 Å². The van der Waals surface area contributed by atoms with Crippen molar-refractivity contribution in [2.75, 3.05) is 0 Å². The lowest BCUT2D eigenvalue weighted by Gasteiger charge is -2.09. The minimum Gasteiger partial charge on any atom is -0.327 e. The van der Waals surface area contributed by atoms with E-state index in [4.69, 9.17) is 5.73 Å². The van der Waals surface area contributed by atoms with Gasteiger partial charge in [0, 0.05) is 23.4 Å². The van der Waals surface area contributed by atoms with Crippen LogP contribution in [0.5, 0.6) is 0 Å². The lowest BCUT2D eigenvalue weighted by atomic mass is 10.0. The topological polar surface area (TPSA) is 43.1 Å². The Kier molecular flexibility index (Phi) is 3.94. The van der Waals surface area contributed by atoms with Crippen LogP contribution >= 0.6 is 15.9 Å². The molecule has 4 heteroatoms. The summed E-state index contributed by atoms with van der Waals surface area (Å²) in [7, 11) is 0. The monoisotopic (exact) mass is 299 g/mol. The highest BCUT2D eigenvalue weighted by Gasteiger charge is 2.29. The fraction of sp³-hybridized carbons (Fsp3) is 0.462. The van der Waals surface area contributed by atoms with Gasteiger partial charge in [0.1, 0.15) is 11.6 Å². The number of benzene rings is 1. The first-order valence-electron chi connectivity index (χ1n) is 5.77. The summed E-state index contributed by atoms with van der Waals surface area (Å²) in [6.45, 7) is 0. The van der Waals surface area contributed by atoms with Crippen LogP contribution in [0.3, 0.4) is 0 Å². The number of carbonyl (C=O) groups is 1. The van der Waals surface area contributed by atoms with Gasteiger partial charge in [-0.05, 0) is 42.5 Å². The molecule has 1 aliphatic rings. The fourth-order valence-electron chi connectivity index (χ4n) is 1.97. The molecule has 1 aliphatic carbocycles. The lowest BCUT2D eigenvalue weighted by molar-refractivity contribution is -0.118. The van der Waals surface area contributed by atoms with Crippen LogP contribution in [-0.2, 0) is 11.2 Å². The zero-order valence-electron chi connectivity index (χ0n) is 9.46. The Labute approximate surface area is 109 Å². The van der Waals surface area contributed by atoms with E-state index in [2.05, 4.69) is 15.9 Å². The quantitative estimate of drug-likeness (QED) is 0.908. The largest absolute Gasteiger partial charge is 0.327 e. The van der Waals surface area contributed by atoms with Crippen LogP contribution < -0.4 is 5.73 Å². The van der Waals surface area contributed by atoms with Crippen molar-refractivity contribution in [3.05, 3.63) is 34.1 Å². The SMILES string of the molecule is NC(CC(=O)Cc1cc(F)cc(Br)c1)C1CC1. The van der Waals surface area contributed by atoms with Gasteiger partial charge in [-0.15, -0.1) is 0 Å². The van der Waals surface area contributed by atoms with E-state index < -0.39 is 0 Å². The Balaban J connectivity index is 1.92. The lowest BCUT2D eigenvalue weighted by Crippen LogP contribution is -2.26. The molecule has 1 aromatic rings. The van der Waals surface area contributed by atoms with Gasteiger partial charge >= 0.3 is 0 Å². The maximum absolute atomic E-state index is 13.1. The molecular weight excluding hydrogens is 285 g/mol. The highest BCUT2D eigenvalue weighted by Crippen LogP contribution is 2.33. The molecule has 0 aromatic heterocycles. The van der Waals surface area contributed by atoms with Gasteiger partial charge in [0.05, 0.1) is 0 Å². The van der Waals surface area contributed by atoms with Crippen molar-refractivity contribution in [3.8, 4) is 0 Å². The first kappa shape index (κ1) is 12.7. The average Bonchev–Trinajstić information content (AvgIpc) is 2.97. The molecule has 1 saturated carbocycles. The van der Waals surface area contributed by atoms with Crippen LogP contribution in [0.1, 0.15) is 24.8 Å². The second-order valence-corrected chi connectivity index (χ2v) is 5.61. The first-order chi connectivity index (χ1) is 8.04. The number of ketones is 1. The Bertz CT molecular complexity index is 411. The van der Waals surface area contributed by atoms with Gasteiger partial charge in [-0.1, -0.05) is 15.9 Å². The molecule has 0 radical (unpaired) electrons. The molecule has 17 heavy (non-hydrogen) atoms. The molecule has 1 aromatic carbocycles. The number of rotatable bonds is 5. The maximum Gasteiger partial charge on any atom is 0.138 e. The summed E-state index contributed by atoms with van der Waals surface area (Å²) < 4.78 is 13.8. The molecule has 0 heterocycles. The highest BCUT2D eigenvalue weighted by atomic mass is 79.9. The Morgan fingerprint density at radius 1 is 1.47 bits per heavy atom. The Hall–Kier alpha value is -0.740. The molecule has 0 spiro atoms. The molecule has 0 amide bonds. The molecule has 1 unspecified atom stereocenters. The van der Waals surface area contributed by atoms with E-state index in [1.165, 1.54) is 12.1 Å². The van der Waals surface area contributed by atoms with Crippen LogP contribution in [0.2, 0.25) is 0 Å². The molecular formula is C13H15BrFNO. The second-order valence-electron chi connectivity index (χ2n) is 4.70. The predicted molar refractivity (Wildman–Crippen MR) is 68.1 cm³/mol. The van der Waals surface area contributed by atoms with Crippen LogP contribution in [-0.4, -0.2) is 11.8 Å². The van der Waals surface area contributed by atoms with Gasteiger partial charge in [0.2, 0.25) is 0 Å². The second kappa shape index (κ2) is 5.27.